The Kier molecular flexibility index (Phi) is 4.40. The average Bonchev–Trinajstić information content (AvgIpc) is 2.25. The fourth-order valence-electron chi connectivity index (χ4n) is 1.37. The van der Waals surface area contributed by atoms with E-state index in [0.29, 0.717) is 5.02 Å². The summed E-state index contributed by atoms with van der Waals surface area (Å²) in [5.41, 5.74) is -0.00713. The monoisotopic (exact) mass is 266 g/mol. The van der Waals surface area contributed by atoms with Crippen LogP contribution in [0, 0.1) is 0 Å². The highest BCUT2D eigenvalue weighted by Crippen LogP contribution is 2.37. The van der Waals surface area contributed by atoms with Crippen LogP contribution < -0.4 is 0 Å². The number of ether oxygens (including phenoxy) is 1. The van der Waals surface area contributed by atoms with Gasteiger partial charge in [-0.3, -0.25) is 4.79 Å². The number of methoxy groups -OCH3 is 1. The molecule has 6 heteroatoms. The topological polar surface area (TPSA) is 26.3 Å². The van der Waals surface area contributed by atoms with E-state index in [4.69, 9.17) is 11.6 Å². The van der Waals surface area contributed by atoms with Crippen molar-refractivity contribution in [2.24, 2.45) is 0 Å². The Morgan fingerprint density at radius 3 is 2.29 bits per heavy atom. The first-order chi connectivity index (χ1) is 7.84. The van der Waals surface area contributed by atoms with E-state index in [1.54, 1.807) is 0 Å². The first kappa shape index (κ1) is 13.8. The van der Waals surface area contributed by atoms with Gasteiger partial charge in [0.15, 0.2) is 0 Å². The number of hydrogen-bond donors (Lipinski definition) is 0. The lowest BCUT2D eigenvalue weighted by molar-refractivity contribution is -0.164. The second-order valence-electron chi connectivity index (χ2n) is 3.43. The molecule has 0 saturated carbocycles. The molecule has 0 aromatic heterocycles. The summed E-state index contributed by atoms with van der Waals surface area (Å²) in [6.45, 7) is 0. The summed E-state index contributed by atoms with van der Waals surface area (Å²) in [7, 11) is 1.05. The molecule has 1 aromatic rings. The Hall–Kier alpha value is -1.23. The highest BCUT2D eigenvalue weighted by Gasteiger charge is 2.42. The third kappa shape index (κ3) is 3.93. The number of esters is 1. The number of halogens is 4. The minimum absolute atomic E-state index is 0.00713. The summed E-state index contributed by atoms with van der Waals surface area (Å²) in [6.07, 6.45) is -5.23. The number of benzene rings is 1. The molecule has 0 aliphatic carbocycles. The maximum absolute atomic E-state index is 12.8. The van der Waals surface area contributed by atoms with Crippen molar-refractivity contribution in [1.29, 1.82) is 0 Å². The van der Waals surface area contributed by atoms with Gasteiger partial charge in [0.2, 0.25) is 0 Å². The molecular formula is C11H10ClF3O2. The molecule has 1 unspecified atom stereocenters. The van der Waals surface area contributed by atoms with Gasteiger partial charge in [0.05, 0.1) is 19.4 Å². The molecule has 1 aromatic carbocycles. The Morgan fingerprint density at radius 1 is 1.35 bits per heavy atom. The van der Waals surface area contributed by atoms with E-state index < -0.39 is 24.5 Å². The van der Waals surface area contributed by atoms with Crippen LogP contribution in [0.4, 0.5) is 13.2 Å². The number of rotatable bonds is 3. The van der Waals surface area contributed by atoms with E-state index in [1.807, 2.05) is 0 Å². The molecule has 94 valence electrons. The van der Waals surface area contributed by atoms with Gasteiger partial charge in [0.25, 0.3) is 0 Å². The van der Waals surface area contributed by atoms with Gasteiger partial charge in [-0.1, -0.05) is 23.7 Å². The van der Waals surface area contributed by atoms with Crippen LogP contribution in [0.5, 0.6) is 0 Å². The summed E-state index contributed by atoms with van der Waals surface area (Å²) >= 11 is 5.59. The average molecular weight is 267 g/mol. The van der Waals surface area contributed by atoms with Crippen molar-refractivity contribution < 1.29 is 22.7 Å². The molecule has 0 fully saturated rings. The molecule has 0 aliphatic heterocycles. The fourth-order valence-corrected chi connectivity index (χ4v) is 1.49. The van der Waals surface area contributed by atoms with Crippen molar-refractivity contribution in [1.82, 2.24) is 0 Å². The van der Waals surface area contributed by atoms with Crippen molar-refractivity contribution in [3.63, 3.8) is 0 Å². The second-order valence-corrected chi connectivity index (χ2v) is 3.86. The fraction of sp³-hybridized carbons (Fsp3) is 0.364. The van der Waals surface area contributed by atoms with Crippen molar-refractivity contribution in [3.05, 3.63) is 34.9 Å². The van der Waals surface area contributed by atoms with Crippen molar-refractivity contribution in [2.75, 3.05) is 7.11 Å². The normalized spacial score (nSPS) is 13.2. The van der Waals surface area contributed by atoms with Crippen LogP contribution in [-0.4, -0.2) is 19.3 Å². The van der Waals surface area contributed by atoms with Crippen molar-refractivity contribution in [2.45, 2.75) is 18.5 Å². The predicted octanol–water partition coefficient (Wildman–Crippen LogP) is 3.55. The summed E-state index contributed by atoms with van der Waals surface area (Å²) in [6, 6.07) is 5.21. The van der Waals surface area contributed by atoms with E-state index in [1.165, 1.54) is 24.3 Å². The highest BCUT2D eigenvalue weighted by atomic mass is 35.5. The molecule has 0 amide bonds. The molecular weight excluding hydrogens is 257 g/mol. The zero-order valence-electron chi connectivity index (χ0n) is 8.92. The quantitative estimate of drug-likeness (QED) is 0.782. The molecule has 1 rings (SSSR count). The maximum Gasteiger partial charge on any atom is 0.396 e. The SMILES string of the molecule is COC(=O)CC(c1ccc(Cl)cc1)C(F)(F)F. The lowest BCUT2D eigenvalue weighted by Crippen LogP contribution is -2.24. The Morgan fingerprint density at radius 2 is 1.88 bits per heavy atom. The summed E-state index contributed by atoms with van der Waals surface area (Å²) in [5, 5.41) is 0.341. The van der Waals surface area contributed by atoms with Crippen LogP contribution in [-0.2, 0) is 9.53 Å². The van der Waals surface area contributed by atoms with Crippen LogP contribution in [0.2, 0.25) is 5.02 Å². The predicted molar refractivity (Wildman–Crippen MR) is 56.9 cm³/mol. The number of hydrogen-bond acceptors (Lipinski definition) is 2. The van der Waals surface area contributed by atoms with Gasteiger partial charge in [0, 0.05) is 5.02 Å². The first-order valence-electron chi connectivity index (χ1n) is 4.73. The Balaban J connectivity index is 2.98. The Labute approximate surface area is 101 Å². The minimum Gasteiger partial charge on any atom is -0.469 e. The van der Waals surface area contributed by atoms with Crippen molar-refractivity contribution in [3.8, 4) is 0 Å². The van der Waals surface area contributed by atoms with Crippen molar-refractivity contribution >= 4 is 17.6 Å². The largest absolute Gasteiger partial charge is 0.469 e. The van der Waals surface area contributed by atoms with Gasteiger partial charge in [-0.15, -0.1) is 0 Å². The van der Waals surface area contributed by atoms with Crippen LogP contribution in [0.15, 0.2) is 24.3 Å². The summed E-state index contributed by atoms with van der Waals surface area (Å²) in [4.78, 5) is 11.0. The molecule has 0 radical (unpaired) electrons. The smallest absolute Gasteiger partial charge is 0.396 e. The summed E-state index contributed by atoms with van der Waals surface area (Å²) in [5.74, 6) is -2.77. The zero-order valence-corrected chi connectivity index (χ0v) is 9.68. The third-order valence-corrected chi connectivity index (χ3v) is 2.52. The molecule has 0 bridgehead atoms. The molecule has 1 atom stereocenters. The van der Waals surface area contributed by atoms with E-state index >= 15 is 0 Å². The van der Waals surface area contributed by atoms with Gasteiger partial charge in [-0.25, -0.2) is 0 Å². The van der Waals surface area contributed by atoms with Gasteiger partial charge in [-0.05, 0) is 17.7 Å². The van der Waals surface area contributed by atoms with Crippen LogP contribution in [0.1, 0.15) is 17.9 Å². The van der Waals surface area contributed by atoms with E-state index in [-0.39, 0.29) is 5.56 Å². The second kappa shape index (κ2) is 5.40. The van der Waals surface area contributed by atoms with Crippen LogP contribution in [0.3, 0.4) is 0 Å². The van der Waals surface area contributed by atoms with Gasteiger partial charge >= 0.3 is 12.1 Å². The molecule has 2 nitrogen and oxygen atoms in total. The highest BCUT2D eigenvalue weighted by molar-refractivity contribution is 6.30. The number of carbonyl (C=O) groups excluding carboxylic acids is 1. The lowest BCUT2D eigenvalue weighted by atomic mass is 9.95. The van der Waals surface area contributed by atoms with E-state index in [0.717, 1.165) is 7.11 Å². The third-order valence-electron chi connectivity index (χ3n) is 2.27. The minimum atomic E-state index is -4.50. The van der Waals surface area contributed by atoms with Gasteiger partial charge in [-0.2, -0.15) is 13.2 Å². The van der Waals surface area contributed by atoms with Gasteiger partial charge < -0.3 is 4.74 Å². The molecule has 0 aliphatic rings. The Bertz CT molecular complexity index is 387. The standard InChI is InChI=1S/C11H10ClF3O2/c1-17-10(16)6-9(11(13,14)15)7-2-4-8(12)5-3-7/h2-5,9H,6H2,1H3. The molecule has 0 saturated heterocycles. The molecule has 0 heterocycles. The van der Waals surface area contributed by atoms with E-state index in [2.05, 4.69) is 4.74 Å². The number of alkyl halides is 3. The molecule has 17 heavy (non-hydrogen) atoms. The number of carbonyl (C=O) groups is 1. The first-order valence-corrected chi connectivity index (χ1v) is 5.11. The van der Waals surface area contributed by atoms with E-state index in [9.17, 15) is 18.0 Å². The molecule has 0 spiro atoms. The van der Waals surface area contributed by atoms with Crippen LogP contribution >= 0.6 is 11.6 Å². The molecule has 0 N–H and O–H groups in total. The van der Waals surface area contributed by atoms with Gasteiger partial charge in [0.1, 0.15) is 0 Å². The zero-order chi connectivity index (χ0) is 13.1. The van der Waals surface area contributed by atoms with Crippen LogP contribution in [0.25, 0.3) is 0 Å². The summed E-state index contributed by atoms with van der Waals surface area (Å²) < 4.78 is 42.5. The lowest BCUT2D eigenvalue weighted by Gasteiger charge is -2.19. The maximum atomic E-state index is 12.8.